The molecule has 0 radical (unpaired) electrons. The average Bonchev–Trinajstić information content (AvgIpc) is 2.54. The van der Waals surface area contributed by atoms with Crippen LogP contribution in [-0.2, 0) is 0 Å². The molecule has 0 spiro atoms. The van der Waals surface area contributed by atoms with E-state index in [1.54, 1.807) is 0 Å². The first kappa shape index (κ1) is 8.52. The fourth-order valence-electron chi connectivity index (χ4n) is 1.74. The van der Waals surface area contributed by atoms with Crippen LogP contribution in [0.2, 0.25) is 0 Å². The van der Waals surface area contributed by atoms with Gasteiger partial charge in [-0.05, 0) is 25.5 Å². The molecule has 2 rings (SSSR count). The van der Waals surface area contributed by atoms with Gasteiger partial charge in [0.05, 0.1) is 0 Å². The van der Waals surface area contributed by atoms with Gasteiger partial charge in [-0.1, -0.05) is 42.0 Å². The lowest BCUT2D eigenvalue weighted by Crippen LogP contribution is -2.17. The maximum atomic E-state index is 3.42. The van der Waals surface area contributed by atoms with Crippen molar-refractivity contribution in [2.45, 2.75) is 19.4 Å². The molecule has 1 atom stereocenters. The molecule has 0 bridgehead atoms. The zero-order valence-corrected chi connectivity index (χ0v) is 7.96. The van der Waals surface area contributed by atoms with E-state index < -0.39 is 0 Å². The minimum Gasteiger partial charge on any atom is -0.310 e. The second kappa shape index (κ2) is 3.75. The van der Waals surface area contributed by atoms with E-state index in [9.17, 15) is 0 Å². The third-order valence-electron chi connectivity index (χ3n) is 2.57. The van der Waals surface area contributed by atoms with Gasteiger partial charge in [0.2, 0.25) is 0 Å². The Kier molecular flexibility index (Phi) is 2.46. The quantitative estimate of drug-likeness (QED) is 0.688. The Morgan fingerprint density at radius 1 is 1.31 bits per heavy atom. The third kappa shape index (κ3) is 1.99. The summed E-state index contributed by atoms with van der Waals surface area (Å²) in [7, 11) is 0. The minimum atomic E-state index is 0.556. The van der Waals surface area contributed by atoms with Crippen LogP contribution in [0.25, 0.3) is 6.08 Å². The zero-order chi connectivity index (χ0) is 9.10. The second-order valence-corrected chi connectivity index (χ2v) is 3.56. The van der Waals surface area contributed by atoms with Crippen molar-refractivity contribution < 1.29 is 0 Å². The number of benzene rings is 1. The molecule has 1 aromatic rings. The maximum absolute atomic E-state index is 3.42. The van der Waals surface area contributed by atoms with Gasteiger partial charge >= 0.3 is 0 Å². The molecule has 1 aromatic carbocycles. The van der Waals surface area contributed by atoms with Crippen molar-refractivity contribution in [3.63, 3.8) is 0 Å². The number of rotatable bonds is 1. The molecule has 1 aliphatic rings. The van der Waals surface area contributed by atoms with Gasteiger partial charge in [0, 0.05) is 6.04 Å². The fourth-order valence-corrected chi connectivity index (χ4v) is 1.74. The van der Waals surface area contributed by atoms with E-state index in [1.165, 1.54) is 17.6 Å². The molecule has 1 heterocycles. The van der Waals surface area contributed by atoms with Gasteiger partial charge in [-0.25, -0.2) is 0 Å². The minimum absolute atomic E-state index is 0.556. The molecule has 0 amide bonds. The lowest BCUT2D eigenvalue weighted by molar-refractivity contribution is 0.722. The summed E-state index contributed by atoms with van der Waals surface area (Å²) in [5.41, 5.74) is 2.83. The summed E-state index contributed by atoms with van der Waals surface area (Å²) in [6, 6.07) is 11.1. The average molecular weight is 173 g/mol. The summed E-state index contributed by atoms with van der Waals surface area (Å²) >= 11 is 0. The van der Waals surface area contributed by atoms with Crippen molar-refractivity contribution in [1.29, 1.82) is 0 Å². The summed E-state index contributed by atoms with van der Waals surface area (Å²) < 4.78 is 0. The first-order valence-corrected chi connectivity index (χ1v) is 4.85. The lowest BCUT2D eigenvalue weighted by atomic mass is 10.1. The molecule has 0 aliphatic carbocycles. The summed E-state index contributed by atoms with van der Waals surface area (Å²) in [4.78, 5) is 0. The lowest BCUT2D eigenvalue weighted by Gasteiger charge is -2.04. The largest absolute Gasteiger partial charge is 0.310 e. The van der Waals surface area contributed by atoms with Crippen LogP contribution in [0.1, 0.15) is 18.9 Å². The topological polar surface area (TPSA) is 12.0 Å². The summed E-state index contributed by atoms with van der Waals surface area (Å²) in [5.74, 6) is 0. The van der Waals surface area contributed by atoms with Crippen LogP contribution >= 0.6 is 0 Å². The molecule has 1 heteroatoms. The maximum Gasteiger partial charge on any atom is 0.0255 e. The molecular weight excluding hydrogens is 158 g/mol. The number of hydrogen-bond donors (Lipinski definition) is 1. The molecule has 0 aromatic heterocycles. The normalized spacial score (nSPS) is 25.3. The van der Waals surface area contributed by atoms with Gasteiger partial charge in [0.15, 0.2) is 0 Å². The van der Waals surface area contributed by atoms with E-state index in [2.05, 4.69) is 48.6 Å². The van der Waals surface area contributed by atoms with E-state index in [1.807, 2.05) is 0 Å². The molecule has 13 heavy (non-hydrogen) atoms. The van der Waals surface area contributed by atoms with Gasteiger partial charge in [-0.15, -0.1) is 0 Å². The SMILES string of the molecule is CC1NCC/C1=C\c1ccccc1. The molecule has 1 aliphatic heterocycles. The predicted molar refractivity (Wildman–Crippen MR) is 56.5 cm³/mol. The van der Waals surface area contributed by atoms with Gasteiger partial charge in [0.1, 0.15) is 0 Å². The van der Waals surface area contributed by atoms with E-state index in [0.29, 0.717) is 6.04 Å². The van der Waals surface area contributed by atoms with Crippen LogP contribution in [0.5, 0.6) is 0 Å². The van der Waals surface area contributed by atoms with Crippen LogP contribution in [0, 0.1) is 0 Å². The van der Waals surface area contributed by atoms with E-state index in [-0.39, 0.29) is 0 Å². The van der Waals surface area contributed by atoms with Crippen molar-refractivity contribution in [3.8, 4) is 0 Å². The standard InChI is InChI=1S/C12H15N/c1-10-12(7-8-13-10)9-11-5-3-2-4-6-11/h2-6,9-10,13H,7-8H2,1H3/b12-9+. The molecule has 1 saturated heterocycles. The Labute approximate surface area is 79.5 Å². The summed E-state index contributed by atoms with van der Waals surface area (Å²) in [6.07, 6.45) is 3.49. The molecule has 68 valence electrons. The van der Waals surface area contributed by atoms with Crippen molar-refractivity contribution >= 4 is 6.08 Å². The molecule has 1 nitrogen and oxygen atoms in total. The zero-order valence-electron chi connectivity index (χ0n) is 7.96. The second-order valence-electron chi connectivity index (χ2n) is 3.56. The van der Waals surface area contributed by atoms with Crippen molar-refractivity contribution in [3.05, 3.63) is 41.5 Å². The van der Waals surface area contributed by atoms with E-state index in [4.69, 9.17) is 0 Å². The van der Waals surface area contributed by atoms with E-state index in [0.717, 1.165) is 6.54 Å². The van der Waals surface area contributed by atoms with Crippen LogP contribution in [0.4, 0.5) is 0 Å². The van der Waals surface area contributed by atoms with Crippen molar-refractivity contribution in [1.82, 2.24) is 5.32 Å². The molecule has 1 N–H and O–H groups in total. The highest BCUT2D eigenvalue weighted by atomic mass is 14.9. The van der Waals surface area contributed by atoms with Gasteiger partial charge in [-0.3, -0.25) is 0 Å². The van der Waals surface area contributed by atoms with Gasteiger partial charge in [-0.2, -0.15) is 0 Å². The molecule has 1 fully saturated rings. The Balaban J connectivity index is 2.20. The summed E-state index contributed by atoms with van der Waals surface area (Å²) in [6.45, 7) is 3.35. The Hall–Kier alpha value is -1.08. The highest BCUT2D eigenvalue weighted by Crippen LogP contribution is 2.17. The molecular formula is C12H15N. The Morgan fingerprint density at radius 3 is 2.69 bits per heavy atom. The van der Waals surface area contributed by atoms with Crippen LogP contribution in [0.3, 0.4) is 0 Å². The van der Waals surface area contributed by atoms with Crippen LogP contribution < -0.4 is 5.32 Å². The van der Waals surface area contributed by atoms with Crippen LogP contribution in [0.15, 0.2) is 35.9 Å². The highest BCUT2D eigenvalue weighted by molar-refractivity contribution is 5.54. The number of hydrogen-bond acceptors (Lipinski definition) is 1. The highest BCUT2D eigenvalue weighted by Gasteiger charge is 2.14. The molecule has 1 unspecified atom stereocenters. The number of nitrogens with one attached hydrogen (secondary N) is 1. The smallest absolute Gasteiger partial charge is 0.0255 e. The van der Waals surface area contributed by atoms with Gasteiger partial charge < -0.3 is 5.32 Å². The van der Waals surface area contributed by atoms with E-state index >= 15 is 0 Å². The Bertz CT molecular complexity index is 300. The Morgan fingerprint density at radius 2 is 2.08 bits per heavy atom. The first-order chi connectivity index (χ1) is 6.36. The molecule has 0 saturated carbocycles. The van der Waals surface area contributed by atoms with Gasteiger partial charge in [0.25, 0.3) is 0 Å². The summed E-state index contributed by atoms with van der Waals surface area (Å²) in [5, 5.41) is 3.42. The van der Waals surface area contributed by atoms with Crippen molar-refractivity contribution in [2.24, 2.45) is 0 Å². The fraction of sp³-hybridized carbons (Fsp3) is 0.333. The third-order valence-corrected chi connectivity index (χ3v) is 2.57. The van der Waals surface area contributed by atoms with Crippen molar-refractivity contribution in [2.75, 3.05) is 6.54 Å². The first-order valence-electron chi connectivity index (χ1n) is 4.85. The predicted octanol–water partition coefficient (Wildman–Crippen LogP) is 2.45. The monoisotopic (exact) mass is 173 g/mol. The van der Waals surface area contributed by atoms with Crippen LogP contribution in [-0.4, -0.2) is 12.6 Å².